The number of fused-ring (bicyclic) bond motifs is 1. The van der Waals surface area contributed by atoms with Crippen LogP contribution in [0.25, 0.3) is 5.65 Å². The molecule has 0 atom stereocenters. The molecule has 0 unspecified atom stereocenters. The van der Waals surface area contributed by atoms with Crippen LogP contribution in [0.4, 0.5) is 11.6 Å². The molecule has 0 aromatic carbocycles. The molecule has 0 aliphatic rings. The molecular formula is C12H19N5. The van der Waals surface area contributed by atoms with Gasteiger partial charge in [0.25, 0.3) is 0 Å². The summed E-state index contributed by atoms with van der Waals surface area (Å²) in [4.78, 5) is 10.9. The number of rotatable bonds is 4. The minimum absolute atomic E-state index is 0.463. The number of hydrogen-bond acceptors (Lipinski definition) is 4. The van der Waals surface area contributed by atoms with Crippen LogP contribution in [0.15, 0.2) is 18.6 Å². The standard InChI is InChI=1S/C12H19N5/c1-4-9(5-2)16(3)12-11-14-6-7-17(11)8-10(13)15-12/h6-9H,4-5,13H2,1-3H3. The van der Waals surface area contributed by atoms with Gasteiger partial charge in [0.1, 0.15) is 5.82 Å². The average molecular weight is 233 g/mol. The zero-order valence-electron chi connectivity index (χ0n) is 10.6. The van der Waals surface area contributed by atoms with Crippen LogP contribution in [-0.2, 0) is 0 Å². The fourth-order valence-corrected chi connectivity index (χ4v) is 2.18. The van der Waals surface area contributed by atoms with Crippen molar-refractivity contribution < 1.29 is 0 Å². The van der Waals surface area contributed by atoms with E-state index in [1.54, 1.807) is 12.4 Å². The molecule has 2 rings (SSSR count). The maximum absolute atomic E-state index is 5.82. The quantitative estimate of drug-likeness (QED) is 0.876. The Morgan fingerprint density at radius 1 is 1.41 bits per heavy atom. The number of aromatic nitrogens is 3. The predicted molar refractivity (Wildman–Crippen MR) is 70.2 cm³/mol. The Bertz CT molecular complexity index is 501. The molecule has 17 heavy (non-hydrogen) atoms. The lowest BCUT2D eigenvalue weighted by molar-refractivity contribution is 0.587. The summed E-state index contributed by atoms with van der Waals surface area (Å²) >= 11 is 0. The third kappa shape index (κ3) is 2.05. The third-order valence-electron chi connectivity index (χ3n) is 3.20. The van der Waals surface area contributed by atoms with E-state index in [4.69, 9.17) is 5.73 Å². The molecule has 0 aliphatic heterocycles. The second kappa shape index (κ2) is 4.61. The largest absolute Gasteiger partial charge is 0.382 e. The lowest BCUT2D eigenvalue weighted by Crippen LogP contribution is -2.31. The van der Waals surface area contributed by atoms with Crippen LogP contribution < -0.4 is 10.6 Å². The number of hydrogen-bond donors (Lipinski definition) is 1. The zero-order chi connectivity index (χ0) is 12.4. The summed E-state index contributed by atoms with van der Waals surface area (Å²) in [6.07, 6.45) is 7.59. The fourth-order valence-electron chi connectivity index (χ4n) is 2.18. The van der Waals surface area contributed by atoms with Crippen LogP contribution in [0, 0.1) is 0 Å². The Morgan fingerprint density at radius 2 is 2.12 bits per heavy atom. The number of imidazole rings is 1. The van der Waals surface area contributed by atoms with Gasteiger partial charge in [-0.2, -0.15) is 0 Å². The van der Waals surface area contributed by atoms with Gasteiger partial charge in [0.05, 0.1) is 6.20 Å². The molecule has 0 bridgehead atoms. The number of nitrogens with two attached hydrogens (primary N) is 1. The minimum atomic E-state index is 0.463. The van der Waals surface area contributed by atoms with Crippen molar-refractivity contribution in [2.45, 2.75) is 32.7 Å². The van der Waals surface area contributed by atoms with Gasteiger partial charge in [-0.1, -0.05) is 13.8 Å². The first-order chi connectivity index (χ1) is 8.17. The van der Waals surface area contributed by atoms with Crippen molar-refractivity contribution in [3.8, 4) is 0 Å². The van der Waals surface area contributed by atoms with Crippen molar-refractivity contribution in [1.29, 1.82) is 0 Å². The Balaban J connectivity index is 2.49. The first-order valence-electron chi connectivity index (χ1n) is 5.99. The molecule has 2 aromatic rings. The highest BCUT2D eigenvalue weighted by Crippen LogP contribution is 2.22. The average Bonchev–Trinajstić information content (AvgIpc) is 2.77. The number of nitrogen functional groups attached to an aromatic ring is 1. The molecule has 2 aromatic heterocycles. The van der Waals surface area contributed by atoms with Gasteiger partial charge in [-0.25, -0.2) is 9.97 Å². The van der Waals surface area contributed by atoms with Crippen molar-refractivity contribution in [2.24, 2.45) is 0 Å². The molecule has 0 saturated carbocycles. The highest BCUT2D eigenvalue weighted by molar-refractivity contribution is 5.66. The van der Waals surface area contributed by atoms with Gasteiger partial charge in [-0.15, -0.1) is 0 Å². The molecule has 0 spiro atoms. The van der Waals surface area contributed by atoms with Crippen molar-refractivity contribution in [1.82, 2.24) is 14.4 Å². The SMILES string of the molecule is CCC(CC)N(C)c1nc(N)cn2ccnc12. The summed E-state index contributed by atoms with van der Waals surface area (Å²) in [6.45, 7) is 4.36. The van der Waals surface area contributed by atoms with Gasteiger partial charge in [0.2, 0.25) is 0 Å². The van der Waals surface area contributed by atoms with Gasteiger partial charge in [0.15, 0.2) is 11.5 Å². The van der Waals surface area contributed by atoms with Crippen molar-refractivity contribution in [2.75, 3.05) is 17.7 Å². The van der Waals surface area contributed by atoms with E-state index in [9.17, 15) is 0 Å². The molecule has 2 N–H and O–H groups in total. The van der Waals surface area contributed by atoms with Crippen molar-refractivity contribution >= 4 is 17.3 Å². The van der Waals surface area contributed by atoms with Crippen LogP contribution in [-0.4, -0.2) is 27.5 Å². The Morgan fingerprint density at radius 3 is 2.76 bits per heavy atom. The Hall–Kier alpha value is -1.78. The van der Waals surface area contributed by atoms with Crippen LogP contribution in [0.3, 0.4) is 0 Å². The highest BCUT2D eigenvalue weighted by atomic mass is 15.2. The monoisotopic (exact) mass is 233 g/mol. The summed E-state index contributed by atoms with van der Waals surface area (Å²) in [5.74, 6) is 1.37. The van der Waals surface area contributed by atoms with Gasteiger partial charge < -0.3 is 15.0 Å². The molecule has 0 radical (unpaired) electrons. The molecule has 0 amide bonds. The first kappa shape index (κ1) is 11.7. The van der Waals surface area contributed by atoms with E-state index in [1.165, 1.54) is 0 Å². The third-order valence-corrected chi connectivity index (χ3v) is 3.20. The Labute approximate surface area is 101 Å². The lowest BCUT2D eigenvalue weighted by Gasteiger charge is -2.27. The van der Waals surface area contributed by atoms with Crippen LogP contribution >= 0.6 is 0 Å². The normalized spacial score (nSPS) is 11.3. The minimum Gasteiger partial charge on any atom is -0.382 e. The smallest absolute Gasteiger partial charge is 0.180 e. The van der Waals surface area contributed by atoms with Crippen LogP contribution in [0.5, 0.6) is 0 Å². The van der Waals surface area contributed by atoms with Gasteiger partial charge in [0, 0.05) is 25.5 Å². The van der Waals surface area contributed by atoms with E-state index < -0.39 is 0 Å². The molecular weight excluding hydrogens is 214 g/mol. The second-order valence-corrected chi connectivity index (χ2v) is 4.23. The maximum Gasteiger partial charge on any atom is 0.180 e. The van der Waals surface area contributed by atoms with Gasteiger partial charge in [-0.3, -0.25) is 0 Å². The second-order valence-electron chi connectivity index (χ2n) is 4.23. The van der Waals surface area contributed by atoms with E-state index >= 15 is 0 Å². The summed E-state index contributed by atoms with van der Waals surface area (Å²) < 4.78 is 1.91. The van der Waals surface area contributed by atoms with Crippen molar-refractivity contribution in [3.05, 3.63) is 18.6 Å². The Kier molecular flexibility index (Phi) is 3.17. The summed E-state index contributed by atoms with van der Waals surface area (Å²) in [5, 5.41) is 0. The fraction of sp³-hybridized carbons (Fsp3) is 0.500. The molecule has 5 nitrogen and oxygen atoms in total. The van der Waals surface area contributed by atoms with E-state index in [0.29, 0.717) is 11.9 Å². The van der Waals surface area contributed by atoms with Gasteiger partial charge >= 0.3 is 0 Å². The number of anilines is 2. The number of nitrogens with zero attached hydrogens (tertiary/aromatic N) is 4. The lowest BCUT2D eigenvalue weighted by atomic mass is 10.1. The first-order valence-corrected chi connectivity index (χ1v) is 5.99. The summed E-state index contributed by atoms with van der Waals surface area (Å²) in [6, 6.07) is 0.463. The van der Waals surface area contributed by atoms with Gasteiger partial charge in [-0.05, 0) is 12.8 Å². The molecule has 0 fully saturated rings. The highest BCUT2D eigenvalue weighted by Gasteiger charge is 2.16. The molecule has 2 heterocycles. The topological polar surface area (TPSA) is 59.5 Å². The molecule has 0 aliphatic carbocycles. The van der Waals surface area contributed by atoms with Crippen LogP contribution in [0.1, 0.15) is 26.7 Å². The van der Waals surface area contributed by atoms with E-state index in [1.807, 2.05) is 17.6 Å². The molecule has 92 valence electrons. The predicted octanol–water partition coefficient (Wildman–Crippen LogP) is 1.94. The van der Waals surface area contributed by atoms with E-state index in [0.717, 1.165) is 24.3 Å². The van der Waals surface area contributed by atoms with E-state index in [2.05, 4.69) is 28.7 Å². The summed E-state index contributed by atoms with van der Waals surface area (Å²) in [5.41, 5.74) is 6.67. The molecule has 0 saturated heterocycles. The molecule has 5 heteroatoms. The van der Waals surface area contributed by atoms with E-state index in [-0.39, 0.29) is 0 Å². The van der Waals surface area contributed by atoms with Crippen molar-refractivity contribution in [3.63, 3.8) is 0 Å². The zero-order valence-corrected chi connectivity index (χ0v) is 10.6. The summed E-state index contributed by atoms with van der Waals surface area (Å²) in [7, 11) is 2.05. The van der Waals surface area contributed by atoms with Crippen LogP contribution in [0.2, 0.25) is 0 Å². The maximum atomic E-state index is 5.82.